The van der Waals surface area contributed by atoms with Crippen LogP contribution in [0.5, 0.6) is 5.75 Å². The Morgan fingerprint density at radius 3 is 1.77 bits per heavy atom. The smallest absolute Gasteiger partial charge is 0.403 e. The number of nitrogens with two attached hydrogens (primary N) is 3. The Morgan fingerprint density at radius 2 is 1.26 bits per heavy atom. The quantitative estimate of drug-likeness (QED) is 0.0783. The minimum absolute atomic E-state index is 0.00998. The van der Waals surface area contributed by atoms with E-state index in [1.165, 1.54) is 42.5 Å². The topological polar surface area (TPSA) is 224 Å². The number of ether oxygens (including phenoxy) is 1. The van der Waals surface area contributed by atoms with Crippen LogP contribution in [-0.4, -0.2) is 79.0 Å². The van der Waals surface area contributed by atoms with Gasteiger partial charge >= 0.3 is 24.3 Å². The molecule has 0 saturated carbocycles. The highest BCUT2D eigenvalue weighted by atomic mass is 32.2. The molecule has 6 atom stereocenters. The van der Waals surface area contributed by atoms with E-state index in [-0.39, 0.29) is 24.2 Å². The lowest BCUT2D eigenvalue weighted by molar-refractivity contribution is -0.151. The van der Waals surface area contributed by atoms with Gasteiger partial charge in [-0.25, -0.2) is 13.2 Å². The number of hydrogen-bond acceptors (Lipinski definition) is 10. The highest BCUT2D eigenvalue weighted by molar-refractivity contribution is 7.92. The number of esters is 1. The Hall–Kier alpha value is -3.26. The van der Waals surface area contributed by atoms with Gasteiger partial charge in [0.15, 0.2) is 0 Å². The standard InChI is InChI=1S/C28H37F6N5O6S2/c29-27(30,31)21(8-12-46(38,43)13-9-22(35)25(40)41)18-6-4-17(5-7-18)19-2-1-3-20(16-19)45-26(42)23(36)10-14-47(39,44)15-11-24(37)28(32,33)34/h1-7,16,21-24,38-39H,8-15,35-37H2,(H,40,41)/t21?,22-,23-,24?,46?,47?/m0/s1. The van der Waals surface area contributed by atoms with Crippen LogP contribution in [0.15, 0.2) is 48.5 Å². The molecule has 0 heterocycles. The van der Waals surface area contributed by atoms with E-state index in [1.54, 1.807) is 6.07 Å². The van der Waals surface area contributed by atoms with Crippen molar-refractivity contribution in [3.05, 3.63) is 54.1 Å². The van der Waals surface area contributed by atoms with Crippen molar-refractivity contribution in [1.29, 1.82) is 9.56 Å². The maximum Gasteiger partial charge on any atom is 0.403 e. The molecule has 0 fully saturated rings. The van der Waals surface area contributed by atoms with Gasteiger partial charge in [0.05, 0.1) is 5.92 Å². The summed E-state index contributed by atoms with van der Waals surface area (Å²) in [4.78, 5) is 23.3. The average molecular weight is 718 g/mol. The highest BCUT2D eigenvalue weighted by Crippen LogP contribution is 2.38. The molecule has 11 nitrogen and oxygen atoms in total. The number of aliphatic carboxylic acids is 1. The molecule has 0 radical (unpaired) electrons. The zero-order chi connectivity index (χ0) is 35.8. The second-order valence-electron chi connectivity index (χ2n) is 11.0. The minimum Gasteiger partial charge on any atom is -0.480 e. The first kappa shape index (κ1) is 39.9. The number of rotatable bonds is 17. The fourth-order valence-corrected chi connectivity index (χ4v) is 7.16. The van der Waals surface area contributed by atoms with Crippen LogP contribution in [0, 0.1) is 9.56 Å². The van der Waals surface area contributed by atoms with E-state index < -0.39 is 104 Å². The number of carbonyl (C=O) groups excluding carboxylic acids is 1. The molecular weight excluding hydrogens is 680 g/mol. The van der Waals surface area contributed by atoms with Crippen molar-refractivity contribution in [3.8, 4) is 16.9 Å². The Balaban J connectivity index is 2.05. The van der Waals surface area contributed by atoms with Crippen molar-refractivity contribution in [1.82, 2.24) is 0 Å². The van der Waals surface area contributed by atoms with Crippen LogP contribution in [0.4, 0.5) is 26.3 Å². The predicted octanol–water partition coefficient (Wildman–Crippen LogP) is 4.19. The number of carboxylic acids is 1. The first-order valence-electron chi connectivity index (χ1n) is 14.0. The average Bonchev–Trinajstić information content (AvgIpc) is 2.96. The number of halogens is 6. The summed E-state index contributed by atoms with van der Waals surface area (Å²) in [6, 6.07) is 6.13. The van der Waals surface area contributed by atoms with Gasteiger partial charge in [-0.05, 0) is 54.5 Å². The van der Waals surface area contributed by atoms with Crippen LogP contribution in [0.3, 0.4) is 0 Å². The van der Waals surface area contributed by atoms with Crippen molar-refractivity contribution in [2.45, 2.75) is 62.1 Å². The lowest BCUT2D eigenvalue weighted by atomic mass is 9.93. The summed E-state index contributed by atoms with van der Waals surface area (Å²) in [7, 11) is -7.03. The molecular formula is C28H37F6N5O6S2. The van der Waals surface area contributed by atoms with E-state index in [1.807, 2.05) is 0 Å². The first-order chi connectivity index (χ1) is 21.5. The molecule has 0 aromatic heterocycles. The molecule has 0 spiro atoms. The maximum absolute atomic E-state index is 13.9. The van der Waals surface area contributed by atoms with Crippen molar-refractivity contribution in [3.63, 3.8) is 0 Å². The summed E-state index contributed by atoms with van der Waals surface area (Å²) in [5.41, 5.74) is 16.8. The molecule has 0 aliphatic carbocycles. The van der Waals surface area contributed by atoms with Gasteiger partial charge in [0.1, 0.15) is 23.9 Å². The van der Waals surface area contributed by atoms with Crippen molar-refractivity contribution in [2.75, 3.05) is 23.0 Å². The SMILES string of the molecule is N=S(=O)(CCC(c1ccc(-c2cccc(OC(=O)[C@@H](N)CCS(=N)(=O)CCC(N)C(F)(F)F)c2)cc1)C(F)(F)F)CC[C@H](N)C(=O)O. The summed E-state index contributed by atoms with van der Waals surface area (Å²) in [6.07, 6.45) is -11.5. The molecule has 47 heavy (non-hydrogen) atoms. The minimum atomic E-state index is -4.73. The van der Waals surface area contributed by atoms with Gasteiger partial charge in [0.25, 0.3) is 0 Å². The summed E-state index contributed by atoms with van der Waals surface area (Å²) < 4.78 is 125. The lowest BCUT2D eigenvalue weighted by Crippen LogP contribution is -2.39. The van der Waals surface area contributed by atoms with Crippen LogP contribution in [-0.2, 0) is 29.0 Å². The Labute approximate surface area is 268 Å². The van der Waals surface area contributed by atoms with Crippen LogP contribution < -0.4 is 21.9 Å². The van der Waals surface area contributed by atoms with E-state index >= 15 is 0 Å². The van der Waals surface area contributed by atoms with Crippen LogP contribution in [0.25, 0.3) is 11.1 Å². The fraction of sp³-hybridized carbons (Fsp3) is 0.500. The summed E-state index contributed by atoms with van der Waals surface area (Å²) in [5, 5.41) is 8.83. The third kappa shape index (κ3) is 13.4. The van der Waals surface area contributed by atoms with Crippen LogP contribution in [0.2, 0.25) is 0 Å². The molecule has 19 heteroatoms. The fourth-order valence-electron chi connectivity index (χ4n) is 4.23. The molecule has 0 bridgehead atoms. The predicted molar refractivity (Wildman–Crippen MR) is 164 cm³/mol. The number of alkyl halides is 6. The van der Waals surface area contributed by atoms with E-state index in [9.17, 15) is 44.3 Å². The van der Waals surface area contributed by atoms with Crippen molar-refractivity contribution >= 4 is 31.4 Å². The van der Waals surface area contributed by atoms with Gasteiger partial charge in [-0.3, -0.25) is 14.4 Å². The molecule has 0 saturated heterocycles. The Bertz CT molecular complexity index is 1590. The molecule has 2 aromatic carbocycles. The lowest BCUT2D eigenvalue weighted by Gasteiger charge is -2.22. The molecule has 264 valence electrons. The molecule has 9 N–H and O–H groups in total. The summed E-state index contributed by atoms with van der Waals surface area (Å²) in [6.45, 7) is 0. The first-order valence-corrected chi connectivity index (χ1v) is 17.8. The monoisotopic (exact) mass is 717 g/mol. The molecule has 2 rings (SSSR count). The molecule has 0 amide bonds. The second kappa shape index (κ2) is 16.2. The number of nitrogens with one attached hydrogen (secondary N) is 2. The Kier molecular flexibility index (Phi) is 13.8. The van der Waals surface area contributed by atoms with E-state index in [4.69, 9.17) is 36.6 Å². The van der Waals surface area contributed by atoms with Gasteiger partial charge in [-0.1, -0.05) is 36.4 Å². The zero-order valence-electron chi connectivity index (χ0n) is 24.9. The third-order valence-corrected chi connectivity index (χ3v) is 10.7. The van der Waals surface area contributed by atoms with E-state index in [0.717, 1.165) is 0 Å². The number of carboxylic acid groups (broad SMARTS) is 1. The van der Waals surface area contributed by atoms with Gasteiger partial charge < -0.3 is 27.0 Å². The van der Waals surface area contributed by atoms with Crippen molar-refractivity contribution in [2.24, 2.45) is 17.2 Å². The van der Waals surface area contributed by atoms with Crippen LogP contribution in [0.1, 0.15) is 37.2 Å². The molecule has 4 unspecified atom stereocenters. The van der Waals surface area contributed by atoms with Gasteiger partial charge in [0.2, 0.25) is 0 Å². The number of carbonyl (C=O) groups is 2. The second-order valence-corrected chi connectivity index (χ2v) is 15.8. The number of benzene rings is 2. The van der Waals surface area contributed by atoms with Gasteiger partial charge in [-0.15, -0.1) is 0 Å². The zero-order valence-corrected chi connectivity index (χ0v) is 26.5. The van der Waals surface area contributed by atoms with Gasteiger partial charge in [-0.2, -0.15) is 26.3 Å². The summed E-state index contributed by atoms with van der Waals surface area (Å²) >= 11 is 0. The maximum atomic E-state index is 13.9. The van der Waals surface area contributed by atoms with Gasteiger partial charge in [0, 0.05) is 42.5 Å². The molecule has 0 aliphatic rings. The Morgan fingerprint density at radius 1 is 0.745 bits per heavy atom. The van der Waals surface area contributed by atoms with Crippen molar-refractivity contribution < 1.29 is 54.2 Å². The summed E-state index contributed by atoms with van der Waals surface area (Å²) in [5.74, 6) is -6.55. The largest absolute Gasteiger partial charge is 0.480 e. The normalized spacial score (nSPS) is 17.5. The van der Waals surface area contributed by atoms with E-state index in [0.29, 0.717) is 11.1 Å². The molecule has 0 aliphatic heterocycles. The molecule has 2 aromatic rings. The van der Waals surface area contributed by atoms with E-state index in [2.05, 4.69) is 0 Å². The number of hydrogen-bond donors (Lipinski definition) is 6. The highest BCUT2D eigenvalue weighted by Gasteiger charge is 2.41. The van der Waals surface area contributed by atoms with Crippen LogP contribution >= 0.6 is 0 Å². The third-order valence-electron chi connectivity index (χ3n) is 7.15.